The number of nitrogens with zero attached hydrogens (tertiary/aromatic N) is 2. The molecular formula is C21H32N2O3. The van der Waals surface area contributed by atoms with Crippen LogP contribution in [0.1, 0.15) is 57.0 Å². The number of carbonyl (C=O) groups is 2. The van der Waals surface area contributed by atoms with Crippen LogP contribution >= 0.6 is 0 Å². The predicted octanol–water partition coefficient (Wildman–Crippen LogP) is 3.32. The van der Waals surface area contributed by atoms with Crippen molar-refractivity contribution in [1.82, 2.24) is 9.80 Å². The minimum absolute atomic E-state index is 0.0223. The lowest BCUT2D eigenvalue weighted by molar-refractivity contribution is -0.133. The van der Waals surface area contributed by atoms with E-state index in [-0.39, 0.29) is 17.2 Å². The van der Waals surface area contributed by atoms with Crippen LogP contribution < -0.4 is 4.74 Å². The molecule has 0 atom stereocenters. The summed E-state index contributed by atoms with van der Waals surface area (Å²) in [6, 6.07) is 5.64. The van der Waals surface area contributed by atoms with Crippen LogP contribution in [0.15, 0.2) is 18.2 Å². The molecule has 1 saturated heterocycles. The van der Waals surface area contributed by atoms with Gasteiger partial charge in [0.05, 0.1) is 7.11 Å². The van der Waals surface area contributed by atoms with Gasteiger partial charge < -0.3 is 14.5 Å². The van der Waals surface area contributed by atoms with Crippen molar-refractivity contribution in [2.75, 3.05) is 33.3 Å². The third-order valence-corrected chi connectivity index (χ3v) is 4.76. The molecule has 5 heteroatoms. The van der Waals surface area contributed by atoms with E-state index in [0.717, 1.165) is 11.3 Å². The maximum atomic E-state index is 12.9. The van der Waals surface area contributed by atoms with Crippen molar-refractivity contribution in [1.29, 1.82) is 0 Å². The normalized spacial score (nSPS) is 15.3. The summed E-state index contributed by atoms with van der Waals surface area (Å²) >= 11 is 0. The summed E-state index contributed by atoms with van der Waals surface area (Å²) in [6.07, 6.45) is 0.571. The smallest absolute Gasteiger partial charge is 0.253 e. The van der Waals surface area contributed by atoms with Crippen molar-refractivity contribution in [2.45, 2.75) is 46.5 Å². The van der Waals surface area contributed by atoms with Crippen molar-refractivity contribution < 1.29 is 14.3 Å². The fraction of sp³-hybridized carbons (Fsp3) is 0.619. The molecule has 0 N–H and O–H groups in total. The third-order valence-electron chi connectivity index (χ3n) is 4.76. The second-order valence-corrected chi connectivity index (χ2v) is 8.44. The molecule has 1 aromatic rings. The van der Waals surface area contributed by atoms with E-state index in [0.29, 0.717) is 44.1 Å². The van der Waals surface area contributed by atoms with E-state index in [4.69, 9.17) is 4.74 Å². The van der Waals surface area contributed by atoms with Crippen molar-refractivity contribution in [3.8, 4) is 5.75 Å². The van der Waals surface area contributed by atoms with E-state index in [1.54, 1.807) is 7.11 Å². The monoisotopic (exact) mass is 360 g/mol. The van der Waals surface area contributed by atoms with E-state index in [9.17, 15) is 9.59 Å². The van der Waals surface area contributed by atoms with Gasteiger partial charge in [0, 0.05) is 43.7 Å². The summed E-state index contributed by atoms with van der Waals surface area (Å²) in [5.74, 6) is 1.37. The zero-order valence-electron chi connectivity index (χ0n) is 17.0. The Hall–Kier alpha value is -2.04. The lowest BCUT2D eigenvalue weighted by Gasteiger charge is -2.35. The van der Waals surface area contributed by atoms with Gasteiger partial charge >= 0.3 is 0 Å². The molecular weight excluding hydrogens is 328 g/mol. The summed E-state index contributed by atoms with van der Waals surface area (Å²) in [5, 5.41) is 0. The molecule has 2 amide bonds. The molecule has 1 heterocycles. The molecule has 0 bridgehead atoms. The first kappa shape index (κ1) is 20.3. The Morgan fingerprint density at radius 2 is 1.65 bits per heavy atom. The van der Waals surface area contributed by atoms with E-state index in [2.05, 4.69) is 20.8 Å². The van der Waals surface area contributed by atoms with Crippen LogP contribution in [0.5, 0.6) is 5.75 Å². The van der Waals surface area contributed by atoms with Crippen LogP contribution in [0.4, 0.5) is 0 Å². The molecule has 1 aliphatic rings. The molecule has 0 aromatic heterocycles. The SMILES string of the molecule is COc1ccc(C(=O)N2CCN(C(=O)CC(C)C)CC2)cc1C(C)(C)C. The molecule has 26 heavy (non-hydrogen) atoms. The summed E-state index contributed by atoms with van der Waals surface area (Å²) in [4.78, 5) is 28.8. The largest absolute Gasteiger partial charge is 0.496 e. The van der Waals surface area contributed by atoms with Crippen LogP contribution in [0.2, 0.25) is 0 Å². The minimum Gasteiger partial charge on any atom is -0.496 e. The number of amides is 2. The van der Waals surface area contributed by atoms with Gasteiger partial charge in [-0.2, -0.15) is 0 Å². The molecule has 1 aliphatic heterocycles. The molecule has 0 radical (unpaired) electrons. The number of benzene rings is 1. The average Bonchev–Trinajstić information content (AvgIpc) is 2.59. The molecule has 0 spiro atoms. The maximum absolute atomic E-state index is 12.9. The van der Waals surface area contributed by atoms with E-state index < -0.39 is 0 Å². The zero-order valence-corrected chi connectivity index (χ0v) is 17.0. The molecule has 144 valence electrons. The van der Waals surface area contributed by atoms with E-state index in [1.807, 2.05) is 41.8 Å². The number of hydrogen-bond acceptors (Lipinski definition) is 3. The Morgan fingerprint density at radius 1 is 1.08 bits per heavy atom. The van der Waals surface area contributed by atoms with Gasteiger partial charge in [-0.3, -0.25) is 9.59 Å². The number of ether oxygens (including phenoxy) is 1. The highest BCUT2D eigenvalue weighted by Gasteiger charge is 2.27. The number of rotatable bonds is 4. The Labute approximate surface area is 157 Å². The fourth-order valence-electron chi connectivity index (χ4n) is 3.25. The first-order chi connectivity index (χ1) is 12.1. The Kier molecular flexibility index (Phi) is 6.32. The number of piperazine rings is 1. The number of hydrogen-bond donors (Lipinski definition) is 0. The Bertz CT molecular complexity index is 654. The van der Waals surface area contributed by atoms with Crippen molar-refractivity contribution in [3.63, 3.8) is 0 Å². The molecule has 0 saturated carbocycles. The Balaban J connectivity index is 2.08. The quantitative estimate of drug-likeness (QED) is 0.828. The highest BCUT2D eigenvalue weighted by Crippen LogP contribution is 2.32. The number of methoxy groups -OCH3 is 1. The highest BCUT2D eigenvalue weighted by atomic mass is 16.5. The van der Waals surface area contributed by atoms with Gasteiger partial charge in [-0.1, -0.05) is 34.6 Å². The second-order valence-electron chi connectivity index (χ2n) is 8.44. The van der Waals surface area contributed by atoms with Crippen molar-refractivity contribution in [3.05, 3.63) is 29.3 Å². The Morgan fingerprint density at radius 3 is 2.15 bits per heavy atom. The second kappa shape index (κ2) is 8.11. The van der Waals surface area contributed by atoms with Gasteiger partial charge in [-0.15, -0.1) is 0 Å². The summed E-state index contributed by atoms with van der Waals surface area (Å²) in [7, 11) is 1.65. The fourth-order valence-corrected chi connectivity index (χ4v) is 3.25. The van der Waals surface area contributed by atoms with Crippen LogP contribution in [0, 0.1) is 5.92 Å². The van der Waals surface area contributed by atoms with Gasteiger partial charge in [-0.25, -0.2) is 0 Å². The van der Waals surface area contributed by atoms with Gasteiger partial charge in [0.25, 0.3) is 5.91 Å². The minimum atomic E-state index is -0.108. The lowest BCUT2D eigenvalue weighted by atomic mass is 9.85. The molecule has 1 aromatic carbocycles. The number of carbonyl (C=O) groups excluding carboxylic acids is 2. The standard InChI is InChI=1S/C21H32N2O3/c1-15(2)13-19(24)22-9-11-23(12-10-22)20(25)16-7-8-18(26-6)17(14-16)21(3,4)5/h7-8,14-15H,9-13H2,1-6H3. The van der Waals surface area contributed by atoms with E-state index >= 15 is 0 Å². The van der Waals surface area contributed by atoms with Crippen LogP contribution in [-0.2, 0) is 10.2 Å². The molecule has 0 aliphatic carbocycles. The predicted molar refractivity (Wildman–Crippen MR) is 104 cm³/mol. The highest BCUT2D eigenvalue weighted by molar-refractivity contribution is 5.95. The van der Waals surface area contributed by atoms with E-state index in [1.165, 1.54) is 0 Å². The topological polar surface area (TPSA) is 49.9 Å². The van der Waals surface area contributed by atoms with Gasteiger partial charge in [0.1, 0.15) is 5.75 Å². The third kappa shape index (κ3) is 4.77. The van der Waals surface area contributed by atoms with Gasteiger partial charge in [-0.05, 0) is 29.5 Å². The molecule has 1 fully saturated rings. The zero-order chi connectivity index (χ0) is 19.5. The average molecular weight is 360 g/mol. The van der Waals surface area contributed by atoms with Crippen molar-refractivity contribution >= 4 is 11.8 Å². The lowest BCUT2D eigenvalue weighted by Crippen LogP contribution is -2.50. The van der Waals surface area contributed by atoms with Gasteiger partial charge in [0.2, 0.25) is 5.91 Å². The van der Waals surface area contributed by atoms with Gasteiger partial charge in [0.15, 0.2) is 0 Å². The summed E-state index contributed by atoms with van der Waals surface area (Å²) in [5.41, 5.74) is 1.60. The molecule has 0 unspecified atom stereocenters. The molecule has 5 nitrogen and oxygen atoms in total. The first-order valence-electron chi connectivity index (χ1n) is 9.39. The van der Waals surface area contributed by atoms with Crippen molar-refractivity contribution in [2.24, 2.45) is 5.92 Å². The van der Waals surface area contributed by atoms with Crippen LogP contribution in [-0.4, -0.2) is 54.9 Å². The summed E-state index contributed by atoms with van der Waals surface area (Å²) < 4.78 is 5.46. The maximum Gasteiger partial charge on any atom is 0.253 e. The molecule has 2 rings (SSSR count). The van der Waals surface area contributed by atoms with Crippen LogP contribution in [0.25, 0.3) is 0 Å². The first-order valence-corrected chi connectivity index (χ1v) is 9.39. The summed E-state index contributed by atoms with van der Waals surface area (Å²) in [6.45, 7) is 12.8. The van der Waals surface area contributed by atoms with Crippen LogP contribution in [0.3, 0.4) is 0 Å².